The van der Waals surface area contributed by atoms with Gasteiger partial charge in [0.2, 0.25) is 0 Å². The molecule has 1 saturated heterocycles. The van der Waals surface area contributed by atoms with Crippen molar-refractivity contribution in [3.8, 4) is 0 Å². The third-order valence-electron chi connectivity index (χ3n) is 4.51. The lowest BCUT2D eigenvalue weighted by molar-refractivity contribution is 0.0319. The number of rotatable bonds is 6. The molecule has 0 amide bonds. The fourth-order valence-electron chi connectivity index (χ4n) is 2.59. The van der Waals surface area contributed by atoms with E-state index < -0.39 is 0 Å². The van der Waals surface area contributed by atoms with E-state index in [4.69, 9.17) is 4.74 Å². The smallest absolute Gasteiger partial charge is 0.0509 e. The Morgan fingerprint density at radius 1 is 1.33 bits per heavy atom. The minimum absolute atomic E-state index is 0.404. The van der Waals surface area contributed by atoms with E-state index in [9.17, 15) is 0 Å². The summed E-state index contributed by atoms with van der Waals surface area (Å²) in [6.45, 7) is 14.8. The lowest BCUT2D eigenvalue weighted by Crippen LogP contribution is -2.43. The van der Waals surface area contributed by atoms with Crippen molar-refractivity contribution in [1.82, 2.24) is 5.32 Å². The summed E-state index contributed by atoms with van der Waals surface area (Å²) in [7, 11) is 0. The van der Waals surface area contributed by atoms with Gasteiger partial charge in [0.15, 0.2) is 0 Å². The Bertz CT molecular complexity index is 216. The summed E-state index contributed by atoms with van der Waals surface area (Å²) in [5, 5.41) is 3.76. The second kappa shape index (κ2) is 7.49. The van der Waals surface area contributed by atoms with Crippen LogP contribution in [0.15, 0.2) is 0 Å². The van der Waals surface area contributed by atoms with Gasteiger partial charge in [-0.3, -0.25) is 0 Å². The molecule has 1 fully saturated rings. The van der Waals surface area contributed by atoms with Crippen molar-refractivity contribution in [2.24, 2.45) is 17.3 Å². The van der Waals surface area contributed by atoms with Crippen LogP contribution in [0.2, 0.25) is 0 Å². The van der Waals surface area contributed by atoms with Crippen LogP contribution >= 0.6 is 0 Å². The molecule has 0 aromatic heterocycles. The van der Waals surface area contributed by atoms with E-state index in [1.807, 2.05) is 0 Å². The highest BCUT2D eigenvalue weighted by atomic mass is 16.5. The van der Waals surface area contributed by atoms with Gasteiger partial charge in [0.25, 0.3) is 0 Å². The molecule has 1 rings (SSSR count). The van der Waals surface area contributed by atoms with Crippen LogP contribution in [-0.4, -0.2) is 25.8 Å². The maximum absolute atomic E-state index is 5.67. The molecule has 1 aliphatic heterocycles. The molecule has 1 N–H and O–H groups in total. The Morgan fingerprint density at radius 3 is 2.56 bits per heavy atom. The van der Waals surface area contributed by atoms with E-state index in [0.717, 1.165) is 31.6 Å². The van der Waals surface area contributed by atoms with Crippen LogP contribution in [0.25, 0.3) is 0 Å². The summed E-state index contributed by atoms with van der Waals surface area (Å²) in [6, 6.07) is 0.638. The molecular formula is C16H33NO. The van der Waals surface area contributed by atoms with E-state index >= 15 is 0 Å². The topological polar surface area (TPSA) is 21.3 Å². The predicted molar refractivity (Wildman–Crippen MR) is 78.9 cm³/mol. The third kappa shape index (κ3) is 5.27. The van der Waals surface area contributed by atoms with Crippen LogP contribution in [0.1, 0.15) is 60.3 Å². The van der Waals surface area contributed by atoms with Gasteiger partial charge in [0.1, 0.15) is 0 Å². The van der Waals surface area contributed by atoms with Gasteiger partial charge in [-0.25, -0.2) is 0 Å². The van der Waals surface area contributed by atoms with Crippen molar-refractivity contribution in [3.63, 3.8) is 0 Å². The van der Waals surface area contributed by atoms with Crippen LogP contribution < -0.4 is 5.32 Å². The van der Waals surface area contributed by atoms with Gasteiger partial charge in [-0.05, 0) is 49.5 Å². The summed E-state index contributed by atoms with van der Waals surface area (Å²) in [4.78, 5) is 0. The zero-order valence-corrected chi connectivity index (χ0v) is 13.1. The standard InChI is InChI=1S/C16H33NO/c1-6-9-17-15(11-13(2)16(3,4)5)14-8-7-10-18-12-14/h13-15,17H,6-12H2,1-5H3. The van der Waals surface area contributed by atoms with Crippen LogP contribution in [0.3, 0.4) is 0 Å². The van der Waals surface area contributed by atoms with Crippen LogP contribution in [-0.2, 0) is 4.74 Å². The quantitative estimate of drug-likeness (QED) is 0.778. The second-order valence-corrected chi connectivity index (χ2v) is 7.04. The van der Waals surface area contributed by atoms with Crippen LogP contribution in [0.4, 0.5) is 0 Å². The van der Waals surface area contributed by atoms with Crippen LogP contribution in [0, 0.1) is 17.3 Å². The summed E-state index contributed by atoms with van der Waals surface area (Å²) in [6.07, 6.45) is 5.06. The summed E-state index contributed by atoms with van der Waals surface area (Å²) in [5.41, 5.74) is 0.404. The van der Waals surface area contributed by atoms with E-state index in [2.05, 4.69) is 39.9 Å². The Hall–Kier alpha value is -0.0800. The lowest BCUT2D eigenvalue weighted by Gasteiger charge is -2.36. The van der Waals surface area contributed by atoms with Gasteiger partial charge in [-0.2, -0.15) is 0 Å². The van der Waals surface area contributed by atoms with Gasteiger partial charge in [-0.1, -0.05) is 34.6 Å². The molecular weight excluding hydrogens is 222 g/mol. The number of ether oxygens (including phenoxy) is 1. The van der Waals surface area contributed by atoms with E-state index in [0.29, 0.717) is 11.5 Å². The van der Waals surface area contributed by atoms with Gasteiger partial charge >= 0.3 is 0 Å². The molecule has 0 aromatic carbocycles. The van der Waals surface area contributed by atoms with Crippen molar-refractivity contribution in [3.05, 3.63) is 0 Å². The van der Waals surface area contributed by atoms with Gasteiger partial charge < -0.3 is 10.1 Å². The monoisotopic (exact) mass is 255 g/mol. The van der Waals surface area contributed by atoms with Crippen molar-refractivity contribution in [2.45, 2.75) is 66.3 Å². The zero-order chi connectivity index (χ0) is 13.6. The maximum Gasteiger partial charge on any atom is 0.0509 e. The first-order valence-electron chi connectivity index (χ1n) is 7.76. The minimum Gasteiger partial charge on any atom is -0.381 e. The molecule has 3 atom stereocenters. The first kappa shape index (κ1) is 16.0. The van der Waals surface area contributed by atoms with Gasteiger partial charge in [0.05, 0.1) is 6.61 Å². The molecule has 0 aliphatic carbocycles. The Labute approximate surface area is 114 Å². The number of hydrogen-bond donors (Lipinski definition) is 1. The highest BCUT2D eigenvalue weighted by molar-refractivity contribution is 4.83. The highest BCUT2D eigenvalue weighted by Crippen LogP contribution is 2.32. The molecule has 0 aromatic rings. The van der Waals surface area contributed by atoms with Crippen LogP contribution in [0.5, 0.6) is 0 Å². The predicted octanol–water partition coefficient (Wildman–Crippen LogP) is 3.85. The summed E-state index contributed by atoms with van der Waals surface area (Å²) in [5.74, 6) is 1.46. The normalized spacial score (nSPS) is 24.8. The fraction of sp³-hybridized carbons (Fsp3) is 1.00. The molecule has 108 valence electrons. The van der Waals surface area contributed by atoms with Gasteiger partial charge in [0, 0.05) is 12.6 Å². The second-order valence-electron chi connectivity index (χ2n) is 7.04. The molecule has 0 bridgehead atoms. The van der Waals surface area contributed by atoms with Crippen molar-refractivity contribution in [2.75, 3.05) is 19.8 Å². The van der Waals surface area contributed by atoms with E-state index in [-0.39, 0.29) is 0 Å². The Kier molecular flexibility index (Phi) is 6.65. The maximum atomic E-state index is 5.67. The highest BCUT2D eigenvalue weighted by Gasteiger charge is 2.29. The molecule has 0 spiro atoms. The molecule has 0 radical (unpaired) electrons. The molecule has 1 heterocycles. The zero-order valence-electron chi connectivity index (χ0n) is 13.1. The Morgan fingerprint density at radius 2 is 2.06 bits per heavy atom. The van der Waals surface area contributed by atoms with E-state index in [1.165, 1.54) is 25.7 Å². The average Bonchev–Trinajstić information content (AvgIpc) is 2.34. The third-order valence-corrected chi connectivity index (χ3v) is 4.51. The fourth-order valence-corrected chi connectivity index (χ4v) is 2.59. The number of hydrogen-bond acceptors (Lipinski definition) is 2. The van der Waals surface area contributed by atoms with Crippen molar-refractivity contribution in [1.29, 1.82) is 0 Å². The molecule has 1 aliphatic rings. The Balaban J connectivity index is 2.53. The molecule has 0 saturated carbocycles. The summed E-state index contributed by atoms with van der Waals surface area (Å²) < 4.78 is 5.67. The average molecular weight is 255 g/mol. The first-order chi connectivity index (χ1) is 8.45. The molecule has 3 unspecified atom stereocenters. The largest absolute Gasteiger partial charge is 0.381 e. The number of nitrogens with one attached hydrogen (secondary N) is 1. The van der Waals surface area contributed by atoms with Crippen molar-refractivity contribution < 1.29 is 4.74 Å². The minimum atomic E-state index is 0.404. The van der Waals surface area contributed by atoms with Crippen molar-refractivity contribution >= 4 is 0 Å². The van der Waals surface area contributed by atoms with Gasteiger partial charge in [-0.15, -0.1) is 0 Å². The molecule has 18 heavy (non-hydrogen) atoms. The lowest BCUT2D eigenvalue weighted by atomic mass is 9.76. The van der Waals surface area contributed by atoms with E-state index in [1.54, 1.807) is 0 Å². The molecule has 2 nitrogen and oxygen atoms in total. The molecule has 2 heteroatoms. The SMILES string of the molecule is CCCNC(CC(C)C(C)(C)C)C1CCCOC1. The summed E-state index contributed by atoms with van der Waals surface area (Å²) >= 11 is 0. The first-order valence-corrected chi connectivity index (χ1v) is 7.76.